The van der Waals surface area contributed by atoms with E-state index in [1.54, 1.807) is 23.9 Å². The molecule has 2 aromatic rings. The molecular weight excluding hydrogens is 308 g/mol. The topological polar surface area (TPSA) is 62.1 Å². The van der Waals surface area contributed by atoms with Gasteiger partial charge in [0.15, 0.2) is 6.61 Å². The summed E-state index contributed by atoms with van der Waals surface area (Å²) in [4.78, 5) is 13.1. The minimum Gasteiger partial charge on any atom is -0.483 e. The summed E-state index contributed by atoms with van der Waals surface area (Å²) in [5.41, 5.74) is 3.03. The number of rotatable bonds is 5. The van der Waals surface area contributed by atoms with E-state index in [9.17, 15) is 4.79 Å². The predicted octanol–water partition coefficient (Wildman–Crippen LogP) is 3.91. The molecule has 0 saturated carbocycles. The minimum absolute atomic E-state index is 0.0723. The van der Waals surface area contributed by atoms with Gasteiger partial charge in [0, 0.05) is 10.6 Å². The number of aryl methyl sites for hydroxylation is 2. The van der Waals surface area contributed by atoms with E-state index < -0.39 is 0 Å². The van der Waals surface area contributed by atoms with Gasteiger partial charge < -0.3 is 10.1 Å². The molecule has 1 N–H and O–H groups in total. The van der Waals surface area contributed by atoms with Gasteiger partial charge in [-0.05, 0) is 61.6 Å². The number of thioether (sulfide) groups is 1. The molecule has 5 heteroatoms. The molecule has 0 radical (unpaired) electrons. The van der Waals surface area contributed by atoms with Crippen molar-refractivity contribution in [3.63, 3.8) is 0 Å². The molecule has 0 aliphatic carbocycles. The molecule has 0 aliphatic heterocycles. The average molecular weight is 326 g/mol. The van der Waals surface area contributed by atoms with E-state index in [0.717, 1.165) is 21.7 Å². The third-order valence-electron chi connectivity index (χ3n) is 3.29. The molecule has 0 aromatic heterocycles. The van der Waals surface area contributed by atoms with Crippen LogP contribution < -0.4 is 10.1 Å². The lowest BCUT2D eigenvalue weighted by Gasteiger charge is -2.13. The summed E-state index contributed by atoms with van der Waals surface area (Å²) in [7, 11) is 0. The maximum Gasteiger partial charge on any atom is 0.262 e. The van der Waals surface area contributed by atoms with Crippen molar-refractivity contribution in [2.75, 3.05) is 18.2 Å². The maximum atomic E-state index is 12.0. The molecule has 23 heavy (non-hydrogen) atoms. The summed E-state index contributed by atoms with van der Waals surface area (Å²) in [6.07, 6.45) is 1.99. The lowest BCUT2D eigenvalue weighted by atomic mass is 10.1. The van der Waals surface area contributed by atoms with E-state index in [4.69, 9.17) is 10.00 Å². The fourth-order valence-corrected chi connectivity index (χ4v) is 2.74. The highest BCUT2D eigenvalue weighted by molar-refractivity contribution is 7.98. The Labute approximate surface area is 140 Å². The molecule has 118 valence electrons. The van der Waals surface area contributed by atoms with Crippen molar-refractivity contribution in [1.29, 1.82) is 5.26 Å². The van der Waals surface area contributed by atoms with Gasteiger partial charge in [-0.15, -0.1) is 11.8 Å². The first-order valence-electron chi connectivity index (χ1n) is 7.11. The highest BCUT2D eigenvalue weighted by Gasteiger charge is 2.09. The Morgan fingerprint density at radius 3 is 2.57 bits per heavy atom. The second-order valence-electron chi connectivity index (χ2n) is 5.12. The summed E-state index contributed by atoms with van der Waals surface area (Å²) in [5.74, 6) is 0.434. The van der Waals surface area contributed by atoms with Crippen LogP contribution in [-0.2, 0) is 4.79 Å². The van der Waals surface area contributed by atoms with Gasteiger partial charge in [0.25, 0.3) is 5.91 Å². The molecule has 0 saturated heterocycles. The molecule has 4 nitrogen and oxygen atoms in total. The van der Waals surface area contributed by atoms with Gasteiger partial charge in [0.2, 0.25) is 0 Å². The number of anilines is 1. The van der Waals surface area contributed by atoms with E-state index in [0.29, 0.717) is 11.3 Å². The molecule has 0 bridgehead atoms. The lowest BCUT2D eigenvalue weighted by Crippen LogP contribution is -2.20. The average Bonchev–Trinajstić information content (AvgIpc) is 2.54. The van der Waals surface area contributed by atoms with Gasteiger partial charge >= 0.3 is 0 Å². The normalized spacial score (nSPS) is 10.0. The Balaban J connectivity index is 2.01. The van der Waals surface area contributed by atoms with Crippen LogP contribution in [0.5, 0.6) is 5.75 Å². The Morgan fingerprint density at radius 1 is 1.26 bits per heavy atom. The van der Waals surface area contributed by atoms with Gasteiger partial charge in [-0.2, -0.15) is 5.26 Å². The number of amides is 1. The SMILES string of the molecule is CSc1cccc(NC(=O)COc2c(C)cc(C#N)cc2C)c1. The molecule has 2 aromatic carbocycles. The largest absolute Gasteiger partial charge is 0.483 e. The zero-order valence-corrected chi connectivity index (χ0v) is 14.2. The quantitative estimate of drug-likeness (QED) is 0.846. The lowest BCUT2D eigenvalue weighted by molar-refractivity contribution is -0.118. The summed E-state index contributed by atoms with van der Waals surface area (Å²) in [6, 6.07) is 13.3. The monoisotopic (exact) mass is 326 g/mol. The van der Waals surface area contributed by atoms with Crippen LogP contribution in [0.15, 0.2) is 41.3 Å². The van der Waals surface area contributed by atoms with Crippen molar-refractivity contribution in [3.8, 4) is 11.8 Å². The molecule has 0 unspecified atom stereocenters. The molecule has 0 aliphatic rings. The van der Waals surface area contributed by atoms with E-state index in [2.05, 4.69) is 11.4 Å². The van der Waals surface area contributed by atoms with Crippen LogP contribution in [0.2, 0.25) is 0 Å². The Bertz CT molecular complexity index is 743. The van der Waals surface area contributed by atoms with Gasteiger partial charge in [0.1, 0.15) is 5.75 Å². The molecule has 1 amide bonds. The van der Waals surface area contributed by atoms with Gasteiger partial charge in [-0.3, -0.25) is 4.79 Å². The highest BCUT2D eigenvalue weighted by atomic mass is 32.2. The maximum absolute atomic E-state index is 12.0. The first-order valence-corrected chi connectivity index (χ1v) is 8.34. The second kappa shape index (κ2) is 7.70. The number of hydrogen-bond donors (Lipinski definition) is 1. The second-order valence-corrected chi connectivity index (χ2v) is 6.00. The number of nitrogens with one attached hydrogen (secondary N) is 1. The number of carbonyl (C=O) groups excluding carboxylic acids is 1. The fourth-order valence-electron chi connectivity index (χ4n) is 2.28. The Kier molecular flexibility index (Phi) is 5.67. The standard InChI is InChI=1S/C18H18N2O2S/c1-12-7-14(10-19)8-13(2)18(12)22-11-17(21)20-15-5-4-6-16(9-15)23-3/h4-9H,11H2,1-3H3,(H,20,21). The zero-order valence-electron chi connectivity index (χ0n) is 13.3. The van der Waals surface area contributed by atoms with Crippen molar-refractivity contribution < 1.29 is 9.53 Å². The van der Waals surface area contributed by atoms with Crippen LogP contribution in [-0.4, -0.2) is 18.8 Å². The first kappa shape index (κ1) is 16.9. The Morgan fingerprint density at radius 2 is 1.96 bits per heavy atom. The molecule has 2 rings (SSSR count). The van der Waals surface area contributed by atoms with Gasteiger partial charge in [0.05, 0.1) is 11.6 Å². The van der Waals surface area contributed by atoms with Gasteiger partial charge in [-0.25, -0.2) is 0 Å². The third-order valence-corrected chi connectivity index (χ3v) is 4.02. The van der Waals surface area contributed by atoms with Crippen molar-refractivity contribution in [1.82, 2.24) is 0 Å². The van der Waals surface area contributed by atoms with Crippen LogP contribution in [0.1, 0.15) is 16.7 Å². The van der Waals surface area contributed by atoms with Crippen LogP contribution in [0.4, 0.5) is 5.69 Å². The molecule has 0 heterocycles. The van der Waals surface area contributed by atoms with Gasteiger partial charge in [-0.1, -0.05) is 6.07 Å². The van der Waals surface area contributed by atoms with Crippen LogP contribution >= 0.6 is 11.8 Å². The van der Waals surface area contributed by atoms with E-state index >= 15 is 0 Å². The van der Waals surface area contributed by atoms with Crippen molar-refractivity contribution in [2.45, 2.75) is 18.7 Å². The smallest absolute Gasteiger partial charge is 0.262 e. The number of nitriles is 1. The predicted molar refractivity (Wildman–Crippen MR) is 93.0 cm³/mol. The summed E-state index contributed by atoms with van der Waals surface area (Å²) in [5, 5.41) is 11.8. The van der Waals surface area contributed by atoms with E-state index in [1.165, 1.54) is 0 Å². The first-order chi connectivity index (χ1) is 11.0. The van der Waals surface area contributed by atoms with Crippen LogP contribution in [0.25, 0.3) is 0 Å². The number of carbonyl (C=O) groups is 1. The summed E-state index contributed by atoms with van der Waals surface area (Å²) >= 11 is 1.62. The summed E-state index contributed by atoms with van der Waals surface area (Å²) < 4.78 is 5.63. The molecular formula is C18H18N2O2S. The molecule has 0 fully saturated rings. The number of hydrogen-bond acceptors (Lipinski definition) is 4. The molecule has 0 spiro atoms. The van der Waals surface area contributed by atoms with Crippen LogP contribution in [0.3, 0.4) is 0 Å². The fraction of sp³-hybridized carbons (Fsp3) is 0.222. The van der Waals surface area contributed by atoms with Crippen LogP contribution in [0, 0.1) is 25.2 Å². The summed E-state index contributed by atoms with van der Waals surface area (Å²) in [6.45, 7) is 3.66. The molecule has 0 atom stereocenters. The van der Waals surface area contributed by atoms with Crippen molar-refractivity contribution in [3.05, 3.63) is 53.1 Å². The highest BCUT2D eigenvalue weighted by Crippen LogP contribution is 2.24. The third kappa shape index (κ3) is 4.51. The zero-order chi connectivity index (χ0) is 16.8. The van der Waals surface area contributed by atoms with E-state index in [-0.39, 0.29) is 12.5 Å². The van der Waals surface area contributed by atoms with Crippen molar-refractivity contribution in [2.24, 2.45) is 0 Å². The van der Waals surface area contributed by atoms with Crippen molar-refractivity contribution >= 4 is 23.4 Å². The minimum atomic E-state index is -0.216. The number of nitrogens with zero attached hydrogens (tertiary/aromatic N) is 1. The van der Waals surface area contributed by atoms with E-state index in [1.807, 2.05) is 44.4 Å². The number of benzene rings is 2. The Hall–Kier alpha value is -2.45. The number of ether oxygens (including phenoxy) is 1.